The van der Waals surface area contributed by atoms with E-state index in [4.69, 9.17) is 5.14 Å². The molecular weight excluding hydrogens is 386 g/mol. The monoisotopic (exact) mass is 415 g/mol. The number of hydrogen-bond acceptors (Lipinski definition) is 4. The van der Waals surface area contributed by atoms with Crippen LogP contribution in [0.4, 0.5) is 0 Å². The lowest BCUT2D eigenvalue weighted by Gasteiger charge is -2.33. The van der Waals surface area contributed by atoms with Crippen LogP contribution in [0.1, 0.15) is 53.2 Å². The number of sulfonamides is 1. The van der Waals surface area contributed by atoms with Crippen molar-refractivity contribution < 1.29 is 13.2 Å². The molecule has 3 N–H and O–H groups in total. The van der Waals surface area contributed by atoms with Gasteiger partial charge in [0.15, 0.2) is 0 Å². The van der Waals surface area contributed by atoms with Gasteiger partial charge in [0, 0.05) is 24.7 Å². The first-order chi connectivity index (χ1) is 13.8. The molecule has 1 aliphatic rings. The van der Waals surface area contributed by atoms with Gasteiger partial charge in [0.25, 0.3) is 5.91 Å². The highest BCUT2D eigenvalue weighted by atomic mass is 32.2. The molecule has 1 atom stereocenters. The predicted molar refractivity (Wildman–Crippen MR) is 114 cm³/mol. The second-order valence-electron chi connectivity index (χ2n) is 7.79. The van der Waals surface area contributed by atoms with Gasteiger partial charge in [-0.25, -0.2) is 13.6 Å². The average molecular weight is 416 g/mol. The third-order valence-corrected chi connectivity index (χ3v) is 6.56. The van der Waals surface area contributed by atoms with Crippen LogP contribution in [0.25, 0.3) is 0 Å². The smallest absolute Gasteiger partial charge is 0.251 e. The van der Waals surface area contributed by atoms with E-state index in [1.165, 1.54) is 37.0 Å². The van der Waals surface area contributed by atoms with Crippen LogP contribution in [0.15, 0.2) is 47.4 Å². The summed E-state index contributed by atoms with van der Waals surface area (Å²) in [6, 6.07) is 13.0. The lowest BCUT2D eigenvalue weighted by Crippen LogP contribution is -2.37. The maximum absolute atomic E-state index is 12.7. The number of benzene rings is 2. The molecule has 0 radical (unpaired) electrons. The van der Waals surface area contributed by atoms with Gasteiger partial charge in [-0.1, -0.05) is 36.8 Å². The highest BCUT2D eigenvalue weighted by Gasteiger charge is 2.19. The fraction of sp³-hybridized carbons (Fsp3) is 0.409. The molecule has 0 aromatic heterocycles. The molecule has 6 nitrogen and oxygen atoms in total. The fourth-order valence-corrected chi connectivity index (χ4v) is 4.33. The van der Waals surface area contributed by atoms with Gasteiger partial charge in [-0.3, -0.25) is 9.69 Å². The fourth-order valence-electron chi connectivity index (χ4n) is 3.79. The summed E-state index contributed by atoms with van der Waals surface area (Å²) in [5.41, 5.74) is 3.29. The van der Waals surface area contributed by atoms with Crippen molar-refractivity contribution in [1.82, 2.24) is 10.2 Å². The van der Waals surface area contributed by atoms with Gasteiger partial charge in [-0.15, -0.1) is 0 Å². The lowest BCUT2D eigenvalue weighted by atomic mass is 10.0. The number of carbonyl (C=O) groups is 1. The van der Waals surface area contributed by atoms with Crippen molar-refractivity contribution in [3.05, 3.63) is 64.7 Å². The van der Waals surface area contributed by atoms with Crippen LogP contribution in [0.2, 0.25) is 0 Å². The topological polar surface area (TPSA) is 92.5 Å². The van der Waals surface area contributed by atoms with Crippen LogP contribution in [0, 0.1) is 6.92 Å². The summed E-state index contributed by atoms with van der Waals surface area (Å²) in [6.07, 6.45) is 3.73. The lowest BCUT2D eigenvalue weighted by molar-refractivity contribution is 0.0949. The highest BCUT2D eigenvalue weighted by Crippen LogP contribution is 2.21. The summed E-state index contributed by atoms with van der Waals surface area (Å²) in [6.45, 7) is 6.39. The van der Waals surface area contributed by atoms with Crippen LogP contribution in [0.3, 0.4) is 0 Å². The molecule has 3 rings (SSSR count). The average Bonchev–Trinajstić information content (AvgIpc) is 2.68. The van der Waals surface area contributed by atoms with E-state index < -0.39 is 10.0 Å². The zero-order chi connectivity index (χ0) is 21.0. The standard InChI is InChI=1S/C22H29N3O3S/c1-16-10-11-20(29(23,27)28)13-21(16)22(26)24-14-18-8-3-4-9-19(18)15-25-12-6-5-7-17(25)2/h3-4,8-11,13,17H,5-7,12,14-15H2,1-2H3,(H,24,26)(H2,23,27,28). The number of nitrogens with two attached hydrogens (primary N) is 1. The van der Waals surface area contributed by atoms with Crippen LogP contribution in [-0.4, -0.2) is 31.8 Å². The SMILES string of the molecule is Cc1ccc(S(N)(=O)=O)cc1C(=O)NCc1ccccc1CN1CCCCC1C. The van der Waals surface area contributed by atoms with Crippen molar-refractivity contribution in [1.29, 1.82) is 0 Å². The molecule has 0 spiro atoms. The van der Waals surface area contributed by atoms with Gasteiger partial charge < -0.3 is 5.32 Å². The molecule has 1 aliphatic heterocycles. The van der Waals surface area contributed by atoms with E-state index in [9.17, 15) is 13.2 Å². The Kier molecular flexibility index (Phi) is 6.72. The minimum Gasteiger partial charge on any atom is -0.348 e. The Bertz CT molecular complexity index is 989. The van der Waals surface area contributed by atoms with Crippen LogP contribution >= 0.6 is 0 Å². The Hall–Kier alpha value is -2.22. The van der Waals surface area contributed by atoms with Gasteiger partial charge in [0.2, 0.25) is 10.0 Å². The Labute approximate surface area is 173 Å². The summed E-state index contributed by atoms with van der Waals surface area (Å²) >= 11 is 0. The number of amides is 1. The van der Waals surface area contributed by atoms with E-state index in [-0.39, 0.29) is 10.8 Å². The molecule has 1 amide bonds. The molecule has 1 unspecified atom stereocenters. The van der Waals surface area contributed by atoms with E-state index in [0.29, 0.717) is 23.7 Å². The maximum atomic E-state index is 12.7. The molecule has 156 valence electrons. The molecule has 1 fully saturated rings. The zero-order valence-corrected chi connectivity index (χ0v) is 17.8. The minimum atomic E-state index is -3.86. The quantitative estimate of drug-likeness (QED) is 0.759. The number of aryl methyl sites for hydroxylation is 1. The predicted octanol–water partition coefficient (Wildman–Crippen LogP) is 2.95. The zero-order valence-electron chi connectivity index (χ0n) is 17.0. The van der Waals surface area contributed by atoms with Crippen molar-refractivity contribution in [2.24, 2.45) is 5.14 Å². The van der Waals surface area contributed by atoms with Gasteiger partial charge in [0.1, 0.15) is 0 Å². The second kappa shape index (κ2) is 9.07. The number of primary sulfonamides is 1. The molecule has 7 heteroatoms. The van der Waals surface area contributed by atoms with Crippen molar-refractivity contribution in [3.63, 3.8) is 0 Å². The number of nitrogens with zero attached hydrogens (tertiary/aromatic N) is 1. The normalized spacial score (nSPS) is 17.8. The van der Waals surface area contributed by atoms with E-state index in [2.05, 4.69) is 23.2 Å². The molecule has 2 aromatic carbocycles. The van der Waals surface area contributed by atoms with Crippen LogP contribution in [-0.2, 0) is 23.1 Å². The first-order valence-corrected chi connectivity index (χ1v) is 11.5. The summed E-state index contributed by atoms with van der Waals surface area (Å²) < 4.78 is 23.2. The van der Waals surface area contributed by atoms with Crippen LogP contribution in [0.5, 0.6) is 0 Å². The van der Waals surface area contributed by atoms with Crippen molar-refractivity contribution in [2.45, 2.75) is 57.1 Å². The molecule has 2 aromatic rings. The molecule has 1 saturated heterocycles. The first kappa shape index (κ1) is 21.5. The van der Waals surface area contributed by atoms with E-state index in [1.807, 2.05) is 18.2 Å². The number of hydrogen-bond donors (Lipinski definition) is 2. The minimum absolute atomic E-state index is 0.0623. The number of carbonyl (C=O) groups excluding carboxylic acids is 1. The number of rotatable bonds is 6. The van der Waals surface area contributed by atoms with Gasteiger partial charge in [0.05, 0.1) is 4.90 Å². The molecule has 0 bridgehead atoms. The molecule has 1 heterocycles. The van der Waals surface area contributed by atoms with Crippen LogP contribution < -0.4 is 10.5 Å². The second-order valence-corrected chi connectivity index (χ2v) is 9.35. The number of piperidine rings is 1. The molecule has 0 saturated carbocycles. The van der Waals surface area contributed by atoms with Crippen molar-refractivity contribution in [3.8, 4) is 0 Å². The summed E-state index contributed by atoms with van der Waals surface area (Å²) in [4.78, 5) is 15.1. The van der Waals surface area contributed by atoms with Gasteiger partial charge >= 0.3 is 0 Å². The third kappa shape index (κ3) is 5.44. The van der Waals surface area contributed by atoms with E-state index in [0.717, 1.165) is 18.7 Å². The summed E-state index contributed by atoms with van der Waals surface area (Å²) in [5.74, 6) is -0.311. The summed E-state index contributed by atoms with van der Waals surface area (Å²) in [7, 11) is -3.86. The highest BCUT2D eigenvalue weighted by molar-refractivity contribution is 7.89. The maximum Gasteiger partial charge on any atom is 0.251 e. The van der Waals surface area contributed by atoms with Crippen molar-refractivity contribution >= 4 is 15.9 Å². The van der Waals surface area contributed by atoms with Crippen molar-refractivity contribution in [2.75, 3.05) is 6.54 Å². The Morgan fingerprint density at radius 1 is 1.17 bits per heavy atom. The summed E-state index contributed by atoms with van der Waals surface area (Å²) in [5, 5.41) is 8.13. The van der Waals surface area contributed by atoms with E-state index >= 15 is 0 Å². The molecule has 0 aliphatic carbocycles. The third-order valence-electron chi connectivity index (χ3n) is 5.65. The Balaban J connectivity index is 1.73. The number of likely N-dealkylation sites (tertiary alicyclic amines) is 1. The Morgan fingerprint density at radius 2 is 1.90 bits per heavy atom. The first-order valence-electron chi connectivity index (χ1n) is 9.98. The van der Waals surface area contributed by atoms with E-state index in [1.54, 1.807) is 13.0 Å². The molecule has 29 heavy (non-hydrogen) atoms. The largest absolute Gasteiger partial charge is 0.348 e. The van der Waals surface area contributed by atoms with Gasteiger partial charge in [-0.2, -0.15) is 0 Å². The Morgan fingerprint density at radius 3 is 2.59 bits per heavy atom. The van der Waals surface area contributed by atoms with Gasteiger partial charge in [-0.05, 0) is 62.1 Å². The number of nitrogens with one attached hydrogen (secondary N) is 1. The molecular formula is C22H29N3O3S.